The highest BCUT2D eigenvalue weighted by atomic mass is 32.2. The van der Waals surface area contributed by atoms with E-state index in [2.05, 4.69) is 10.0 Å². The van der Waals surface area contributed by atoms with Gasteiger partial charge in [0.05, 0.1) is 5.75 Å². The molecule has 0 saturated carbocycles. The number of anilines is 1. The lowest BCUT2D eigenvalue weighted by Gasteiger charge is -2.32. The van der Waals surface area contributed by atoms with Crippen LogP contribution in [0.15, 0.2) is 24.3 Å². The fourth-order valence-corrected chi connectivity index (χ4v) is 3.83. The summed E-state index contributed by atoms with van der Waals surface area (Å²) in [7, 11) is -3.18. The SMILES string of the molecule is CCCS(=O)(=O)NCC1CCN(C(=O)Nc2ccc(F)cc2)CC1. The summed E-state index contributed by atoms with van der Waals surface area (Å²) in [5, 5.41) is 2.74. The zero-order valence-electron chi connectivity index (χ0n) is 13.8. The quantitative estimate of drug-likeness (QED) is 0.821. The number of benzene rings is 1. The molecule has 1 aliphatic heterocycles. The molecule has 0 spiro atoms. The Morgan fingerprint density at radius 2 is 1.88 bits per heavy atom. The summed E-state index contributed by atoms with van der Waals surface area (Å²) in [5.41, 5.74) is 0.552. The Hall–Kier alpha value is -1.67. The van der Waals surface area contributed by atoms with E-state index in [-0.39, 0.29) is 23.5 Å². The van der Waals surface area contributed by atoms with Gasteiger partial charge in [0.2, 0.25) is 10.0 Å². The van der Waals surface area contributed by atoms with Gasteiger partial charge in [-0.1, -0.05) is 6.92 Å². The average molecular weight is 357 g/mol. The van der Waals surface area contributed by atoms with E-state index >= 15 is 0 Å². The predicted molar refractivity (Wildman–Crippen MR) is 91.8 cm³/mol. The molecule has 2 rings (SSSR count). The van der Waals surface area contributed by atoms with Gasteiger partial charge in [-0.25, -0.2) is 22.3 Å². The van der Waals surface area contributed by atoms with Crippen molar-refractivity contribution in [2.45, 2.75) is 26.2 Å². The highest BCUT2D eigenvalue weighted by Gasteiger charge is 2.23. The summed E-state index contributed by atoms with van der Waals surface area (Å²) in [4.78, 5) is 13.9. The highest BCUT2D eigenvalue weighted by molar-refractivity contribution is 7.89. The van der Waals surface area contributed by atoms with Gasteiger partial charge >= 0.3 is 6.03 Å². The molecule has 1 aromatic rings. The molecule has 0 unspecified atom stereocenters. The number of nitrogens with one attached hydrogen (secondary N) is 2. The number of rotatable bonds is 6. The number of hydrogen-bond donors (Lipinski definition) is 2. The van der Waals surface area contributed by atoms with Crippen molar-refractivity contribution in [3.8, 4) is 0 Å². The summed E-state index contributed by atoms with van der Waals surface area (Å²) < 4.78 is 38.8. The smallest absolute Gasteiger partial charge is 0.321 e. The molecule has 0 bridgehead atoms. The number of carbonyl (C=O) groups excluding carboxylic acids is 1. The van der Waals surface area contributed by atoms with Gasteiger partial charge in [-0.3, -0.25) is 0 Å². The molecule has 0 aromatic heterocycles. The van der Waals surface area contributed by atoms with Crippen LogP contribution in [0.1, 0.15) is 26.2 Å². The van der Waals surface area contributed by atoms with Gasteiger partial charge in [0.25, 0.3) is 0 Å². The number of urea groups is 1. The first-order valence-electron chi connectivity index (χ1n) is 8.18. The topological polar surface area (TPSA) is 78.5 Å². The third-order valence-corrected chi connectivity index (χ3v) is 5.61. The molecule has 1 heterocycles. The van der Waals surface area contributed by atoms with Gasteiger partial charge < -0.3 is 10.2 Å². The zero-order valence-corrected chi connectivity index (χ0v) is 14.6. The second-order valence-corrected chi connectivity index (χ2v) is 7.96. The van der Waals surface area contributed by atoms with Gasteiger partial charge in [-0.15, -0.1) is 0 Å². The predicted octanol–water partition coefficient (Wildman–Crippen LogP) is 2.40. The van der Waals surface area contributed by atoms with Crippen LogP contribution >= 0.6 is 0 Å². The maximum absolute atomic E-state index is 12.9. The molecule has 0 radical (unpaired) electrons. The number of piperidine rings is 1. The van der Waals surface area contributed by atoms with E-state index in [0.29, 0.717) is 31.7 Å². The first-order chi connectivity index (χ1) is 11.4. The van der Waals surface area contributed by atoms with Crippen LogP contribution in [0.5, 0.6) is 0 Å². The Morgan fingerprint density at radius 3 is 2.46 bits per heavy atom. The number of sulfonamides is 1. The van der Waals surface area contributed by atoms with Gasteiger partial charge in [0, 0.05) is 25.3 Å². The molecule has 0 atom stereocenters. The van der Waals surface area contributed by atoms with Crippen molar-refractivity contribution in [3.05, 3.63) is 30.1 Å². The van der Waals surface area contributed by atoms with Crippen molar-refractivity contribution in [3.63, 3.8) is 0 Å². The average Bonchev–Trinajstić information content (AvgIpc) is 2.55. The lowest BCUT2D eigenvalue weighted by atomic mass is 9.97. The monoisotopic (exact) mass is 357 g/mol. The highest BCUT2D eigenvalue weighted by Crippen LogP contribution is 2.18. The van der Waals surface area contributed by atoms with Crippen molar-refractivity contribution in [1.82, 2.24) is 9.62 Å². The van der Waals surface area contributed by atoms with E-state index in [1.54, 1.807) is 4.90 Å². The Bertz CT molecular complexity index is 641. The van der Waals surface area contributed by atoms with Crippen LogP contribution < -0.4 is 10.0 Å². The second-order valence-electron chi connectivity index (χ2n) is 6.03. The Labute approximate surface area is 142 Å². The van der Waals surface area contributed by atoms with Crippen LogP contribution in [0.4, 0.5) is 14.9 Å². The third kappa shape index (κ3) is 5.76. The van der Waals surface area contributed by atoms with Crippen molar-refractivity contribution < 1.29 is 17.6 Å². The number of amides is 2. The zero-order chi connectivity index (χ0) is 17.6. The van der Waals surface area contributed by atoms with Gasteiger partial charge in [0.15, 0.2) is 0 Å². The van der Waals surface area contributed by atoms with E-state index in [9.17, 15) is 17.6 Å². The molecule has 1 fully saturated rings. The van der Waals surface area contributed by atoms with E-state index in [1.165, 1.54) is 24.3 Å². The molecule has 2 N–H and O–H groups in total. The normalized spacial score (nSPS) is 16.2. The number of carbonyl (C=O) groups is 1. The van der Waals surface area contributed by atoms with Crippen LogP contribution in [0.2, 0.25) is 0 Å². The van der Waals surface area contributed by atoms with Gasteiger partial charge in [-0.2, -0.15) is 0 Å². The molecule has 134 valence electrons. The summed E-state index contributed by atoms with van der Waals surface area (Å²) in [6.45, 7) is 3.41. The van der Waals surface area contributed by atoms with E-state index in [1.807, 2.05) is 6.92 Å². The standard InChI is InChI=1S/C16H24FN3O3S/c1-2-11-24(22,23)18-12-13-7-9-20(10-8-13)16(21)19-15-5-3-14(17)4-6-15/h3-6,13,18H,2,7-12H2,1H3,(H,19,21). The third-order valence-electron chi connectivity index (χ3n) is 4.06. The van der Waals surface area contributed by atoms with Gasteiger partial charge in [-0.05, 0) is 49.4 Å². The van der Waals surface area contributed by atoms with Crippen molar-refractivity contribution >= 4 is 21.7 Å². The molecule has 1 aliphatic rings. The summed E-state index contributed by atoms with van der Waals surface area (Å²) in [5.74, 6) is 0.0391. The second kappa shape index (κ2) is 8.43. The summed E-state index contributed by atoms with van der Waals surface area (Å²) in [6, 6.07) is 5.41. The van der Waals surface area contributed by atoms with Crippen molar-refractivity contribution in [1.29, 1.82) is 0 Å². The lowest BCUT2D eigenvalue weighted by Crippen LogP contribution is -2.43. The molecule has 24 heavy (non-hydrogen) atoms. The fraction of sp³-hybridized carbons (Fsp3) is 0.562. The molecule has 2 amide bonds. The summed E-state index contributed by atoms with van der Waals surface area (Å²) in [6.07, 6.45) is 2.11. The van der Waals surface area contributed by atoms with E-state index in [0.717, 1.165) is 12.8 Å². The first kappa shape index (κ1) is 18.7. The molecular weight excluding hydrogens is 333 g/mol. The number of nitrogens with zero attached hydrogens (tertiary/aromatic N) is 1. The van der Waals surface area contributed by atoms with Crippen LogP contribution in [0.25, 0.3) is 0 Å². The van der Waals surface area contributed by atoms with Crippen molar-refractivity contribution in [2.75, 3.05) is 30.7 Å². The molecule has 1 saturated heterocycles. The van der Waals surface area contributed by atoms with Crippen molar-refractivity contribution in [2.24, 2.45) is 5.92 Å². The van der Waals surface area contributed by atoms with Crippen LogP contribution in [0, 0.1) is 11.7 Å². The Balaban J connectivity index is 1.75. The molecule has 6 nitrogen and oxygen atoms in total. The number of halogens is 1. The molecule has 8 heteroatoms. The largest absolute Gasteiger partial charge is 0.325 e. The molecule has 1 aromatic carbocycles. The van der Waals surface area contributed by atoms with Crippen LogP contribution in [-0.2, 0) is 10.0 Å². The fourth-order valence-electron chi connectivity index (χ4n) is 2.66. The first-order valence-corrected chi connectivity index (χ1v) is 9.83. The minimum atomic E-state index is -3.18. The molecule has 0 aliphatic carbocycles. The number of hydrogen-bond acceptors (Lipinski definition) is 3. The van der Waals surface area contributed by atoms with Gasteiger partial charge in [0.1, 0.15) is 5.82 Å². The minimum absolute atomic E-state index is 0.145. The van der Waals surface area contributed by atoms with E-state index in [4.69, 9.17) is 0 Å². The maximum atomic E-state index is 12.9. The number of likely N-dealkylation sites (tertiary alicyclic amines) is 1. The molecular formula is C16H24FN3O3S. The Morgan fingerprint density at radius 1 is 1.25 bits per heavy atom. The minimum Gasteiger partial charge on any atom is -0.325 e. The lowest BCUT2D eigenvalue weighted by molar-refractivity contribution is 0.183. The van der Waals surface area contributed by atoms with E-state index < -0.39 is 10.0 Å². The summed E-state index contributed by atoms with van der Waals surface area (Å²) >= 11 is 0. The van der Waals surface area contributed by atoms with Crippen LogP contribution in [-0.4, -0.2) is 44.7 Å². The maximum Gasteiger partial charge on any atom is 0.321 e. The van der Waals surface area contributed by atoms with Crippen LogP contribution in [0.3, 0.4) is 0 Å². The Kier molecular flexibility index (Phi) is 6.56.